The molecule has 5 heteroatoms. The van der Waals surface area contributed by atoms with Crippen molar-refractivity contribution >= 4 is 33.4 Å². The Morgan fingerprint density at radius 1 is 1.39 bits per heavy atom. The minimum Gasteiger partial charge on any atom is -0.334 e. The van der Waals surface area contributed by atoms with Crippen molar-refractivity contribution in [3.8, 4) is 0 Å². The lowest BCUT2D eigenvalue weighted by Gasteiger charge is -2.23. The molecule has 2 aliphatic heterocycles. The normalized spacial score (nSPS) is 26.4. The van der Waals surface area contributed by atoms with Gasteiger partial charge in [-0.25, -0.2) is 0 Å². The van der Waals surface area contributed by atoms with Crippen LogP contribution in [0.4, 0.5) is 0 Å². The van der Waals surface area contributed by atoms with E-state index in [1.54, 1.807) is 12.1 Å². The van der Waals surface area contributed by atoms with E-state index in [1.807, 2.05) is 11.0 Å². The van der Waals surface area contributed by atoms with Crippen LogP contribution < -0.4 is 5.32 Å². The number of rotatable bonds is 1. The second-order valence-electron chi connectivity index (χ2n) is 4.93. The van der Waals surface area contributed by atoms with Crippen LogP contribution in [0.5, 0.6) is 0 Å². The van der Waals surface area contributed by atoms with E-state index in [-0.39, 0.29) is 5.91 Å². The van der Waals surface area contributed by atoms with Crippen LogP contribution in [0.15, 0.2) is 22.7 Å². The Labute approximate surface area is 120 Å². The molecule has 0 bridgehead atoms. The third kappa shape index (κ3) is 2.17. The zero-order chi connectivity index (χ0) is 12.7. The van der Waals surface area contributed by atoms with Crippen LogP contribution in [0.2, 0.25) is 5.02 Å². The van der Waals surface area contributed by atoms with Gasteiger partial charge in [0, 0.05) is 40.7 Å². The van der Waals surface area contributed by atoms with Crippen molar-refractivity contribution in [1.29, 1.82) is 0 Å². The minimum atomic E-state index is 0.0920. The molecular formula is C13H14BrClN2O. The van der Waals surface area contributed by atoms with Crippen LogP contribution in [0.1, 0.15) is 16.8 Å². The maximum absolute atomic E-state index is 12.5. The Bertz CT molecular complexity index is 474. The molecule has 0 aromatic heterocycles. The fourth-order valence-electron chi connectivity index (χ4n) is 2.94. The van der Waals surface area contributed by atoms with Gasteiger partial charge in [0.25, 0.3) is 5.91 Å². The molecule has 18 heavy (non-hydrogen) atoms. The van der Waals surface area contributed by atoms with Crippen molar-refractivity contribution in [2.45, 2.75) is 12.5 Å². The zero-order valence-electron chi connectivity index (χ0n) is 9.83. The lowest BCUT2D eigenvalue weighted by atomic mass is 10.0. The molecule has 2 atom stereocenters. The lowest BCUT2D eigenvalue weighted by molar-refractivity contribution is 0.0737. The van der Waals surface area contributed by atoms with Crippen LogP contribution in [0.25, 0.3) is 0 Å². The van der Waals surface area contributed by atoms with Crippen LogP contribution in [-0.2, 0) is 0 Å². The van der Waals surface area contributed by atoms with Crippen molar-refractivity contribution < 1.29 is 4.79 Å². The third-order valence-electron chi connectivity index (χ3n) is 3.82. The topological polar surface area (TPSA) is 32.3 Å². The second kappa shape index (κ2) is 4.83. The Balaban J connectivity index is 1.86. The maximum Gasteiger partial charge on any atom is 0.254 e. The van der Waals surface area contributed by atoms with Crippen LogP contribution >= 0.6 is 27.5 Å². The molecule has 3 rings (SSSR count). The summed E-state index contributed by atoms with van der Waals surface area (Å²) in [5, 5.41) is 3.94. The van der Waals surface area contributed by atoms with Gasteiger partial charge in [-0.1, -0.05) is 27.5 Å². The number of hydrogen-bond donors (Lipinski definition) is 1. The standard InChI is InChI=1S/C13H14BrClN2O/c14-10-3-9(4-11(15)5-10)13(18)17-2-1-8-6-16-7-12(8)17/h3-5,8,12,16H,1-2,6-7H2/t8-,12+/m0/s1. The van der Waals surface area contributed by atoms with Crippen molar-refractivity contribution in [3.05, 3.63) is 33.3 Å². The molecule has 0 spiro atoms. The number of halogens is 2. The molecule has 1 aromatic carbocycles. The molecule has 1 amide bonds. The summed E-state index contributed by atoms with van der Waals surface area (Å²) >= 11 is 9.38. The van der Waals surface area contributed by atoms with Crippen molar-refractivity contribution in [2.75, 3.05) is 19.6 Å². The number of fused-ring (bicyclic) bond motifs is 1. The summed E-state index contributed by atoms with van der Waals surface area (Å²) in [6.07, 6.45) is 1.10. The molecule has 96 valence electrons. The van der Waals surface area contributed by atoms with Crippen molar-refractivity contribution in [2.24, 2.45) is 5.92 Å². The first-order chi connectivity index (χ1) is 8.65. The van der Waals surface area contributed by atoms with Gasteiger partial charge in [-0.05, 0) is 30.5 Å². The summed E-state index contributed by atoms with van der Waals surface area (Å²) in [6.45, 7) is 2.81. The highest BCUT2D eigenvalue weighted by atomic mass is 79.9. The first kappa shape index (κ1) is 12.5. The highest BCUT2D eigenvalue weighted by Gasteiger charge is 2.40. The zero-order valence-corrected chi connectivity index (χ0v) is 12.2. The van der Waals surface area contributed by atoms with Crippen molar-refractivity contribution in [3.63, 3.8) is 0 Å². The molecule has 2 saturated heterocycles. The molecule has 0 aliphatic carbocycles. The highest BCUT2D eigenvalue weighted by molar-refractivity contribution is 9.10. The summed E-state index contributed by atoms with van der Waals surface area (Å²) in [5.74, 6) is 0.714. The largest absolute Gasteiger partial charge is 0.334 e. The second-order valence-corrected chi connectivity index (χ2v) is 6.28. The number of likely N-dealkylation sites (tertiary alicyclic amines) is 1. The van der Waals surface area contributed by atoms with Crippen molar-refractivity contribution in [1.82, 2.24) is 10.2 Å². The van der Waals surface area contributed by atoms with Gasteiger partial charge in [-0.3, -0.25) is 4.79 Å². The van der Waals surface area contributed by atoms with E-state index in [2.05, 4.69) is 21.2 Å². The molecule has 2 aliphatic rings. The maximum atomic E-state index is 12.5. The molecule has 0 saturated carbocycles. The molecule has 2 fully saturated rings. The summed E-state index contributed by atoms with van der Waals surface area (Å²) in [6, 6.07) is 5.73. The number of nitrogens with zero attached hydrogens (tertiary/aromatic N) is 1. The van der Waals surface area contributed by atoms with E-state index in [1.165, 1.54) is 0 Å². The van der Waals surface area contributed by atoms with Gasteiger partial charge in [-0.2, -0.15) is 0 Å². The third-order valence-corrected chi connectivity index (χ3v) is 4.49. The number of carbonyl (C=O) groups excluding carboxylic acids is 1. The summed E-state index contributed by atoms with van der Waals surface area (Å²) < 4.78 is 0.846. The molecule has 2 heterocycles. The first-order valence-corrected chi connectivity index (χ1v) is 7.30. The van der Waals surface area contributed by atoms with Gasteiger partial charge in [0.15, 0.2) is 0 Å². The molecular weight excluding hydrogens is 316 g/mol. The van der Waals surface area contributed by atoms with Gasteiger partial charge in [0.05, 0.1) is 0 Å². The molecule has 1 N–H and O–H groups in total. The van der Waals surface area contributed by atoms with Gasteiger partial charge in [0.1, 0.15) is 0 Å². The van der Waals surface area contributed by atoms with E-state index >= 15 is 0 Å². The number of benzene rings is 1. The monoisotopic (exact) mass is 328 g/mol. The minimum absolute atomic E-state index is 0.0920. The highest BCUT2D eigenvalue weighted by Crippen LogP contribution is 2.29. The number of carbonyl (C=O) groups is 1. The van der Waals surface area contributed by atoms with Gasteiger partial charge in [0.2, 0.25) is 0 Å². The van der Waals surface area contributed by atoms with Crippen LogP contribution in [0, 0.1) is 5.92 Å². The van der Waals surface area contributed by atoms with E-state index in [9.17, 15) is 4.79 Å². The average molecular weight is 330 g/mol. The molecule has 1 aromatic rings. The van der Waals surface area contributed by atoms with E-state index in [4.69, 9.17) is 11.6 Å². The molecule has 0 unspecified atom stereocenters. The van der Waals surface area contributed by atoms with E-state index in [0.717, 1.165) is 30.5 Å². The Morgan fingerprint density at radius 3 is 3.00 bits per heavy atom. The fourth-order valence-corrected chi connectivity index (χ4v) is 3.80. The fraction of sp³-hybridized carbons (Fsp3) is 0.462. The summed E-state index contributed by atoms with van der Waals surface area (Å²) in [4.78, 5) is 14.5. The quantitative estimate of drug-likeness (QED) is 0.859. The number of amides is 1. The number of nitrogens with one attached hydrogen (secondary N) is 1. The van der Waals surface area contributed by atoms with Crippen LogP contribution in [-0.4, -0.2) is 36.5 Å². The molecule has 3 nitrogen and oxygen atoms in total. The Hall–Kier alpha value is -0.580. The Kier molecular flexibility index (Phi) is 3.34. The summed E-state index contributed by atoms with van der Waals surface area (Å²) in [5.41, 5.74) is 0.668. The SMILES string of the molecule is O=C(c1cc(Cl)cc(Br)c1)N1CC[C@H]2CNC[C@H]21. The van der Waals surface area contributed by atoms with Gasteiger partial charge < -0.3 is 10.2 Å². The smallest absolute Gasteiger partial charge is 0.254 e. The first-order valence-electron chi connectivity index (χ1n) is 6.13. The van der Waals surface area contributed by atoms with Gasteiger partial charge in [-0.15, -0.1) is 0 Å². The average Bonchev–Trinajstić information content (AvgIpc) is 2.88. The predicted molar refractivity (Wildman–Crippen MR) is 75.0 cm³/mol. The van der Waals surface area contributed by atoms with E-state index in [0.29, 0.717) is 22.5 Å². The number of hydrogen-bond acceptors (Lipinski definition) is 2. The Morgan fingerprint density at radius 2 is 2.22 bits per heavy atom. The summed E-state index contributed by atoms with van der Waals surface area (Å²) in [7, 11) is 0. The van der Waals surface area contributed by atoms with E-state index < -0.39 is 0 Å². The van der Waals surface area contributed by atoms with Crippen LogP contribution in [0.3, 0.4) is 0 Å². The van der Waals surface area contributed by atoms with Gasteiger partial charge >= 0.3 is 0 Å². The lowest BCUT2D eigenvalue weighted by Crippen LogP contribution is -2.39. The predicted octanol–water partition coefficient (Wildman–Crippen LogP) is 2.54. The molecule has 0 radical (unpaired) electrons.